The third-order valence-electron chi connectivity index (χ3n) is 2.33. The fourth-order valence-electron chi connectivity index (χ4n) is 1.15. The van der Waals surface area contributed by atoms with Crippen molar-refractivity contribution in [3.8, 4) is 0 Å². The molecule has 0 bridgehead atoms. The lowest BCUT2D eigenvalue weighted by Crippen LogP contribution is -2.33. The molecular formula is C11H20F3NO5. The van der Waals surface area contributed by atoms with Crippen molar-refractivity contribution in [1.29, 1.82) is 0 Å². The predicted octanol–water partition coefficient (Wildman–Crippen LogP) is 1.36. The minimum absolute atomic E-state index is 0.189. The number of carboxylic acids is 2. The molecule has 5 N–H and O–H groups in total. The lowest BCUT2D eigenvalue weighted by molar-refractivity contribution is -0.192. The molecule has 0 spiro atoms. The summed E-state index contributed by atoms with van der Waals surface area (Å²) in [5, 5.41) is 24.8. The number of rotatable bonds is 7. The van der Waals surface area contributed by atoms with Crippen LogP contribution >= 0.6 is 0 Å². The summed E-state index contributed by atoms with van der Waals surface area (Å²) in [6.07, 6.45) is -2.59. The Balaban J connectivity index is 0. The zero-order valence-corrected chi connectivity index (χ0v) is 11.1. The molecule has 0 rings (SSSR count). The van der Waals surface area contributed by atoms with E-state index in [-0.39, 0.29) is 12.5 Å². The van der Waals surface area contributed by atoms with Gasteiger partial charge >= 0.3 is 18.1 Å². The Morgan fingerprint density at radius 1 is 1.20 bits per heavy atom. The van der Waals surface area contributed by atoms with Gasteiger partial charge in [-0.3, -0.25) is 4.79 Å². The van der Waals surface area contributed by atoms with Crippen LogP contribution in [0.15, 0.2) is 0 Å². The maximum Gasteiger partial charge on any atom is 0.490 e. The minimum atomic E-state index is -5.08. The van der Waals surface area contributed by atoms with Crippen molar-refractivity contribution >= 4 is 11.9 Å². The number of carbonyl (C=O) groups is 2. The Bertz CT molecular complexity index is 296. The number of aliphatic hydroxyl groups is 1. The van der Waals surface area contributed by atoms with Gasteiger partial charge in [-0.2, -0.15) is 13.2 Å². The zero-order valence-electron chi connectivity index (χ0n) is 11.1. The van der Waals surface area contributed by atoms with Gasteiger partial charge in [0.2, 0.25) is 0 Å². The van der Waals surface area contributed by atoms with E-state index in [2.05, 4.69) is 0 Å². The number of aliphatic hydroxyl groups excluding tert-OH is 1. The quantitative estimate of drug-likeness (QED) is 0.527. The highest BCUT2D eigenvalue weighted by Gasteiger charge is 2.38. The molecule has 0 aromatic carbocycles. The van der Waals surface area contributed by atoms with Crippen molar-refractivity contribution in [3.63, 3.8) is 0 Å². The molecule has 2 unspecified atom stereocenters. The third kappa shape index (κ3) is 13.1. The van der Waals surface area contributed by atoms with Crippen LogP contribution in [0.4, 0.5) is 13.2 Å². The smallest absolute Gasteiger partial charge is 0.481 e. The van der Waals surface area contributed by atoms with Crippen LogP contribution in [0.3, 0.4) is 0 Å². The largest absolute Gasteiger partial charge is 0.490 e. The molecule has 0 amide bonds. The lowest BCUT2D eigenvalue weighted by atomic mass is 10.0. The Kier molecular flexibility index (Phi) is 10.9. The van der Waals surface area contributed by atoms with Crippen LogP contribution < -0.4 is 5.73 Å². The molecule has 6 nitrogen and oxygen atoms in total. The molecule has 2 atom stereocenters. The van der Waals surface area contributed by atoms with Gasteiger partial charge in [0.05, 0.1) is 6.10 Å². The van der Waals surface area contributed by atoms with E-state index in [1.165, 1.54) is 0 Å². The van der Waals surface area contributed by atoms with Gasteiger partial charge in [-0.1, -0.05) is 13.3 Å². The van der Waals surface area contributed by atoms with Crippen molar-refractivity contribution in [3.05, 3.63) is 0 Å². The van der Waals surface area contributed by atoms with E-state index in [0.717, 1.165) is 6.42 Å². The highest BCUT2D eigenvalue weighted by molar-refractivity contribution is 5.73. The van der Waals surface area contributed by atoms with Crippen molar-refractivity contribution in [2.75, 3.05) is 0 Å². The van der Waals surface area contributed by atoms with Gasteiger partial charge in [-0.25, -0.2) is 4.79 Å². The number of nitrogens with two attached hydrogens (primary N) is 1. The SMILES string of the molecule is CCC(O)C(N)CCCCC(=O)O.O=C(O)C(F)(F)F. The summed E-state index contributed by atoms with van der Waals surface area (Å²) in [6.45, 7) is 1.88. The van der Waals surface area contributed by atoms with E-state index in [4.69, 9.17) is 20.7 Å². The van der Waals surface area contributed by atoms with Crippen LogP contribution in [0.25, 0.3) is 0 Å². The van der Waals surface area contributed by atoms with Gasteiger partial charge in [-0.15, -0.1) is 0 Å². The molecule has 0 fully saturated rings. The lowest BCUT2D eigenvalue weighted by Gasteiger charge is -2.16. The van der Waals surface area contributed by atoms with Gasteiger partial charge < -0.3 is 21.1 Å². The number of halogens is 3. The summed E-state index contributed by atoms with van der Waals surface area (Å²) in [4.78, 5) is 19.0. The summed E-state index contributed by atoms with van der Waals surface area (Å²) in [5.74, 6) is -3.53. The van der Waals surface area contributed by atoms with Crippen molar-refractivity contribution < 1.29 is 38.1 Å². The molecule has 0 heterocycles. The Labute approximate surface area is 114 Å². The summed E-state index contributed by atoms with van der Waals surface area (Å²) < 4.78 is 31.7. The van der Waals surface area contributed by atoms with Gasteiger partial charge in [0, 0.05) is 12.5 Å². The molecule has 0 aromatic rings. The average Bonchev–Trinajstić information content (AvgIpc) is 2.32. The molecule has 0 saturated carbocycles. The van der Waals surface area contributed by atoms with Crippen LogP contribution in [-0.2, 0) is 9.59 Å². The van der Waals surface area contributed by atoms with Crippen molar-refractivity contribution in [1.82, 2.24) is 0 Å². The van der Waals surface area contributed by atoms with Crippen LogP contribution in [0.1, 0.15) is 39.0 Å². The number of alkyl halides is 3. The monoisotopic (exact) mass is 303 g/mol. The number of hydrogen-bond acceptors (Lipinski definition) is 4. The zero-order chi connectivity index (χ0) is 16.3. The van der Waals surface area contributed by atoms with E-state index in [0.29, 0.717) is 19.3 Å². The molecule has 120 valence electrons. The summed E-state index contributed by atoms with van der Waals surface area (Å²) in [7, 11) is 0. The van der Waals surface area contributed by atoms with Crippen LogP contribution in [-0.4, -0.2) is 45.6 Å². The van der Waals surface area contributed by atoms with E-state index >= 15 is 0 Å². The highest BCUT2D eigenvalue weighted by atomic mass is 19.4. The second-order valence-corrected chi connectivity index (χ2v) is 4.08. The van der Waals surface area contributed by atoms with Gasteiger partial charge in [0.1, 0.15) is 0 Å². The van der Waals surface area contributed by atoms with Crippen LogP contribution in [0, 0.1) is 0 Å². The predicted molar refractivity (Wildman–Crippen MR) is 64.1 cm³/mol. The molecule has 0 aliphatic carbocycles. The van der Waals surface area contributed by atoms with Crippen LogP contribution in [0.2, 0.25) is 0 Å². The number of aliphatic carboxylic acids is 2. The van der Waals surface area contributed by atoms with E-state index in [1.54, 1.807) is 0 Å². The first-order chi connectivity index (χ1) is 9.02. The molecule has 0 aliphatic rings. The fraction of sp³-hybridized carbons (Fsp3) is 0.818. The maximum atomic E-state index is 10.6. The molecule has 0 saturated heterocycles. The Morgan fingerprint density at radius 3 is 1.95 bits per heavy atom. The van der Waals surface area contributed by atoms with E-state index < -0.39 is 24.2 Å². The molecule has 0 radical (unpaired) electrons. The first kappa shape index (κ1) is 21.0. The average molecular weight is 303 g/mol. The number of carboxylic acid groups (broad SMARTS) is 2. The number of hydrogen-bond donors (Lipinski definition) is 4. The summed E-state index contributed by atoms with van der Waals surface area (Å²) >= 11 is 0. The maximum absolute atomic E-state index is 10.6. The summed E-state index contributed by atoms with van der Waals surface area (Å²) in [6, 6.07) is -0.209. The van der Waals surface area contributed by atoms with E-state index in [1.807, 2.05) is 6.92 Å². The molecule has 0 aliphatic heterocycles. The van der Waals surface area contributed by atoms with Gasteiger partial charge in [0.25, 0.3) is 0 Å². The molecule has 0 aromatic heterocycles. The Morgan fingerprint density at radius 2 is 1.65 bits per heavy atom. The fourth-order valence-corrected chi connectivity index (χ4v) is 1.15. The van der Waals surface area contributed by atoms with Crippen molar-refractivity contribution in [2.24, 2.45) is 5.73 Å². The topological polar surface area (TPSA) is 121 Å². The number of unbranched alkanes of at least 4 members (excludes halogenated alkanes) is 1. The van der Waals surface area contributed by atoms with Gasteiger partial charge in [0.15, 0.2) is 0 Å². The Hall–Kier alpha value is -1.35. The molecule has 9 heteroatoms. The standard InChI is InChI=1S/C9H19NO3.C2HF3O2/c1-2-8(11)7(10)5-3-4-6-9(12)13;3-2(4,5)1(6)7/h7-8,11H,2-6,10H2,1H3,(H,12,13);(H,6,7). The van der Waals surface area contributed by atoms with Crippen LogP contribution in [0.5, 0.6) is 0 Å². The second-order valence-electron chi connectivity index (χ2n) is 4.08. The minimum Gasteiger partial charge on any atom is -0.481 e. The molecule has 20 heavy (non-hydrogen) atoms. The first-order valence-corrected chi connectivity index (χ1v) is 5.97. The first-order valence-electron chi connectivity index (χ1n) is 5.97. The highest BCUT2D eigenvalue weighted by Crippen LogP contribution is 2.13. The van der Waals surface area contributed by atoms with E-state index in [9.17, 15) is 23.1 Å². The second kappa shape index (κ2) is 10.4. The summed E-state index contributed by atoms with van der Waals surface area (Å²) in [5.41, 5.74) is 5.65. The van der Waals surface area contributed by atoms with Crippen molar-refractivity contribution in [2.45, 2.75) is 57.3 Å². The van der Waals surface area contributed by atoms with Gasteiger partial charge in [-0.05, 0) is 19.3 Å². The third-order valence-corrected chi connectivity index (χ3v) is 2.33. The molecular weight excluding hydrogens is 283 g/mol. The normalized spacial score (nSPS) is 13.9.